The van der Waals surface area contributed by atoms with Crippen molar-refractivity contribution in [2.24, 2.45) is 10.7 Å². The number of para-hydroxylation sites is 1. The molecule has 0 fully saturated rings. The van der Waals surface area contributed by atoms with Crippen LogP contribution in [0.3, 0.4) is 0 Å². The van der Waals surface area contributed by atoms with Crippen molar-refractivity contribution in [3.63, 3.8) is 0 Å². The molecule has 0 aliphatic rings. The third kappa shape index (κ3) is 5.88. The lowest BCUT2D eigenvalue weighted by atomic mass is 10.1. The Morgan fingerprint density at radius 1 is 1.16 bits per heavy atom. The lowest BCUT2D eigenvalue weighted by molar-refractivity contribution is 0.185. The Balaban J connectivity index is 1.94. The van der Waals surface area contributed by atoms with E-state index in [1.807, 2.05) is 24.3 Å². The molecule has 0 bridgehead atoms. The molecule has 0 unspecified atom stereocenters. The number of guanidine groups is 1. The van der Waals surface area contributed by atoms with Crippen molar-refractivity contribution in [2.45, 2.75) is 17.9 Å². The monoisotopic (exact) mass is 361 g/mol. The third-order valence-corrected chi connectivity index (χ3v) is 4.74. The van der Waals surface area contributed by atoms with Crippen LogP contribution in [0.1, 0.15) is 11.1 Å². The molecule has 0 aliphatic carbocycles. The molecular formula is C18H23N3O3S. The van der Waals surface area contributed by atoms with Crippen LogP contribution in [0, 0.1) is 0 Å². The smallest absolute Gasteiger partial charge is 0.193 e. The lowest BCUT2D eigenvalue weighted by Crippen LogP contribution is -2.23. The number of anilines is 1. The van der Waals surface area contributed by atoms with Crippen molar-refractivity contribution >= 4 is 21.5 Å². The van der Waals surface area contributed by atoms with Gasteiger partial charge in [-0.05, 0) is 30.2 Å². The van der Waals surface area contributed by atoms with E-state index in [4.69, 9.17) is 10.5 Å². The van der Waals surface area contributed by atoms with E-state index < -0.39 is 9.84 Å². The molecule has 2 rings (SSSR count). The van der Waals surface area contributed by atoms with Gasteiger partial charge in [-0.1, -0.05) is 30.3 Å². The van der Waals surface area contributed by atoms with Crippen molar-refractivity contribution in [1.82, 2.24) is 0 Å². The molecule has 0 heterocycles. The summed E-state index contributed by atoms with van der Waals surface area (Å²) in [5.41, 5.74) is 8.80. The second-order valence-electron chi connectivity index (χ2n) is 5.65. The lowest BCUT2D eigenvalue weighted by Gasteiger charge is -2.10. The molecule has 0 atom stereocenters. The Kier molecular flexibility index (Phi) is 6.55. The van der Waals surface area contributed by atoms with Crippen molar-refractivity contribution in [1.29, 1.82) is 0 Å². The van der Waals surface area contributed by atoms with Crippen LogP contribution in [0.25, 0.3) is 0 Å². The van der Waals surface area contributed by atoms with Crippen LogP contribution in [0.5, 0.6) is 0 Å². The highest BCUT2D eigenvalue weighted by molar-refractivity contribution is 7.90. The highest BCUT2D eigenvalue weighted by atomic mass is 32.2. The van der Waals surface area contributed by atoms with Gasteiger partial charge in [-0.25, -0.2) is 8.42 Å². The summed E-state index contributed by atoms with van der Waals surface area (Å²) in [5, 5.41) is 3.08. The fourth-order valence-corrected chi connectivity index (χ4v) is 2.94. The second kappa shape index (κ2) is 8.64. The van der Waals surface area contributed by atoms with Crippen molar-refractivity contribution in [3.8, 4) is 0 Å². The maximum absolute atomic E-state index is 11.4. The zero-order valence-electron chi connectivity index (χ0n) is 14.4. The normalized spacial score (nSPS) is 12.2. The number of sulfone groups is 1. The average Bonchev–Trinajstić information content (AvgIpc) is 2.56. The van der Waals surface area contributed by atoms with Gasteiger partial charge in [0, 0.05) is 31.2 Å². The minimum Gasteiger partial charge on any atom is -0.380 e. The number of nitrogens with zero attached hydrogens (tertiary/aromatic N) is 1. The van der Waals surface area contributed by atoms with Crippen LogP contribution in [-0.4, -0.2) is 34.3 Å². The number of ether oxygens (including phenoxy) is 1. The Labute approximate surface area is 148 Å². The Morgan fingerprint density at radius 2 is 1.84 bits per heavy atom. The highest BCUT2D eigenvalue weighted by Gasteiger charge is 2.06. The summed E-state index contributed by atoms with van der Waals surface area (Å²) < 4.78 is 28.0. The van der Waals surface area contributed by atoms with E-state index in [9.17, 15) is 8.42 Å². The number of aliphatic imine (C=N–C) groups is 1. The minimum absolute atomic E-state index is 0.315. The first-order valence-electron chi connectivity index (χ1n) is 7.83. The first-order chi connectivity index (χ1) is 11.9. The van der Waals surface area contributed by atoms with Crippen LogP contribution in [0.15, 0.2) is 58.4 Å². The van der Waals surface area contributed by atoms with Gasteiger partial charge in [-0.3, -0.25) is 4.99 Å². The number of rotatable bonds is 7. The molecule has 0 radical (unpaired) electrons. The highest BCUT2D eigenvalue weighted by Crippen LogP contribution is 2.15. The third-order valence-electron chi connectivity index (χ3n) is 3.61. The maximum Gasteiger partial charge on any atom is 0.193 e. The summed E-state index contributed by atoms with van der Waals surface area (Å²) in [6.07, 6.45) is 1.87. The quantitative estimate of drug-likeness (QED) is 0.582. The number of nitrogens with one attached hydrogen (secondary N) is 1. The van der Waals surface area contributed by atoms with Gasteiger partial charge in [-0.2, -0.15) is 0 Å². The molecule has 7 heteroatoms. The number of methoxy groups -OCH3 is 1. The summed E-state index contributed by atoms with van der Waals surface area (Å²) in [6.45, 7) is 0.993. The van der Waals surface area contributed by atoms with Gasteiger partial charge < -0.3 is 15.8 Å². The molecule has 0 aromatic heterocycles. The summed E-state index contributed by atoms with van der Waals surface area (Å²) in [7, 11) is -1.52. The van der Waals surface area contributed by atoms with Crippen LogP contribution in [-0.2, 0) is 27.6 Å². The van der Waals surface area contributed by atoms with E-state index in [1.54, 1.807) is 31.4 Å². The van der Waals surface area contributed by atoms with Crippen LogP contribution in [0.4, 0.5) is 5.69 Å². The zero-order valence-corrected chi connectivity index (χ0v) is 15.2. The molecule has 2 aromatic rings. The average molecular weight is 361 g/mol. The Hall–Kier alpha value is -2.38. The largest absolute Gasteiger partial charge is 0.380 e. The predicted octanol–water partition coefficient (Wildman–Crippen LogP) is 2.21. The van der Waals surface area contributed by atoms with E-state index in [2.05, 4.69) is 10.3 Å². The van der Waals surface area contributed by atoms with Gasteiger partial charge >= 0.3 is 0 Å². The fraction of sp³-hybridized carbons (Fsp3) is 0.278. The Bertz CT molecular complexity index is 831. The fourth-order valence-electron chi connectivity index (χ4n) is 2.31. The van der Waals surface area contributed by atoms with Crippen molar-refractivity contribution in [2.75, 3.05) is 25.2 Å². The number of hydrogen-bond donors (Lipinski definition) is 2. The minimum atomic E-state index is -3.16. The molecule has 0 amide bonds. The molecule has 134 valence electrons. The molecule has 25 heavy (non-hydrogen) atoms. The first kappa shape index (κ1) is 19.0. The van der Waals surface area contributed by atoms with E-state index in [1.165, 1.54) is 6.26 Å². The number of benzene rings is 2. The van der Waals surface area contributed by atoms with E-state index >= 15 is 0 Å². The molecule has 0 saturated heterocycles. The van der Waals surface area contributed by atoms with Gasteiger partial charge in [0.15, 0.2) is 15.8 Å². The maximum atomic E-state index is 11.4. The van der Waals surface area contributed by atoms with Gasteiger partial charge in [-0.15, -0.1) is 0 Å². The van der Waals surface area contributed by atoms with Crippen LogP contribution >= 0.6 is 0 Å². The first-order valence-corrected chi connectivity index (χ1v) is 9.72. The van der Waals surface area contributed by atoms with Gasteiger partial charge in [0.1, 0.15) is 0 Å². The summed E-state index contributed by atoms with van der Waals surface area (Å²) in [6, 6.07) is 14.5. The molecule has 2 aromatic carbocycles. The van der Waals surface area contributed by atoms with Gasteiger partial charge in [0.2, 0.25) is 0 Å². The van der Waals surface area contributed by atoms with E-state index in [-0.39, 0.29) is 0 Å². The predicted molar refractivity (Wildman–Crippen MR) is 101 cm³/mol. The standard InChI is InChI=1S/C18H23N3O3S/c1-24-13-15-5-3-4-6-17(15)21-18(19)20-12-11-14-7-9-16(10-8-14)25(2,22)23/h3-10H,11-13H2,1-2H3,(H3,19,20,21). The van der Waals surface area contributed by atoms with Crippen molar-refractivity contribution in [3.05, 3.63) is 59.7 Å². The number of hydrogen-bond acceptors (Lipinski definition) is 4. The Morgan fingerprint density at radius 3 is 2.48 bits per heavy atom. The van der Waals surface area contributed by atoms with Gasteiger partial charge in [0.25, 0.3) is 0 Å². The summed E-state index contributed by atoms with van der Waals surface area (Å²) in [4.78, 5) is 4.63. The van der Waals surface area contributed by atoms with Crippen LogP contribution < -0.4 is 11.1 Å². The zero-order chi connectivity index (χ0) is 18.3. The summed E-state index contributed by atoms with van der Waals surface area (Å²) >= 11 is 0. The molecule has 0 spiro atoms. The van der Waals surface area contributed by atoms with Crippen LogP contribution in [0.2, 0.25) is 0 Å². The van der Waals surface area contributed by atoms with E-state index in [0.717, 1.165) is 16.8 Å². The van der Waals surface area contributed by atoms with Crippen molar-refractivity contribution < 1.29 is 13.2 Å². The molecule has 3 N–H and O–H groups in total. The van der Waals surface area contributed by atoms with Gasteiger partial charge in [0.05, 0.1) is 11.5 Å². The SMILES string of the molecule is COCc1ccccc1NC(N)=NCCc1ccc(S(C)(=O)=O)cc1. The molecule has 0 aliphatic heterocycles. The van der Waals surface area contributed by atoms with E-state index in [0.29, 0.717) is 30.4 Å². The second-order valence-corrected chi connectivity index (χ2v) is 7.66. The molecule has 0 saturated carbocycles. The number of nitrogens with two attached hydrogens (primary N) is 1. The molecular weight excluding hydrogens is 338 g/mol. The molecule has 6 nitrogen and oxygen atoms in total. The topological polar surface area (TPSA) is 93.8 Å². The summed E-state index contributed by atoms with van der Waals surface area (Å²) in [5.74, 6) is 0.330.